The van der Waals surface area contributed by atoms with Crippen LogP contribution in [0.4, 0.5) is 0 Å². The molecule has 1 aliphatic rings. The Labute approximate surface area is 114 Å². The summed E-state index contributed by atoms with van der Waals surface area (Å²) in [7, 11) is 0. The van der Waals surface area contributed by atoms with Gasteiger partial charge in [0.2, 0.25) is 0 Å². The van der Waals surface area contributed by atoms with E-state index in [9.17, 15) is 4.79 Å². The fourth-order valence-corrected chi connectivity index (χ4v) is 2.32. The Morgan fingerprint density at radius 3 is 3.05 bits per heavy atom. The molecule has 0 spiro atoms. The summed E-state index contributed by atoms with van der Waals surface area (Å²) in [6, 6.07) is 0.446. The fourth-order valence-electron chi connectivity index (χ4n) is 2.32. The molecule has 0 radical (unpaired) electrons. The van der Waals surface area contributed by atoms with Gasteiger partial charge in [-0.05, 0) is 20.3 Å². The molecule has 1 aromatic heterocycles. The van der Waals surface area contributed by atoms with Crippen LogP contribution in [-0.4, -0.2) is 52.3 Å². The predicted molar refractivity (Wildman–Crippen MR) is 73.3 cm³/mol. The van der Waals surface area contributed by atoms with Crippen molar-refractivity contribution in [1.29, 1.82) is 0 Å². The number of morpholine rings is 1. The van der Waals surface area contributed by atoms with Crippen molar-refractivity contribution in [2.24, 2.45) is 0 Å². The third-order valence-electron chi connectivity index (χ3n) is 3.49. The number of hydrogen-bond donors (Lipinski definition) is 0. The van der Waals surface area contributed by atoms with E-state index in [2.05, 4.69) is 30.8 Å². The first kappa shape index (κ1) is 14.2. The monoisotopic (exact) mass is 265 g/mol. The molecule has 0 amide bonds. The third-order valence-corrected chi connectivity index (χ3v) is 3.49. The smallest absolute Gasteiger partial charge is 0.196 e. The van der Waals surface area contributed by atoms with Gasteiger partial charge in [0, 0.05) is 31.9 Å². The second kappa shape index (κ2) is 6.30. The number of carbonyl (C=O) groups is 1. The zero-order chi connectivity index (χ0) is 13.8. The van der Waals surface area contributed by atoms with Crippen LogP contribution in [0, 0.1) is 0 Å². The van der Waals surface area contributed by atoms with Gasteiger partial charge in [0.1, 0.15) is 6.10 Å². The standard InChI is InChI=1S/C14H23N3O2/c1-4-5-17-9-12(8-15-17)14(18)13-10-16(11(2)3)6-7-19-13/h8-9,11,13H,4-7,10H2,1-3H3. The minimum atomic E-state index is -0.351. The number of ether oxygens (including phenoxy) is 1. The second-order valence-corrected chi connectivity index (χ2v) is 5.30. The molecule has 1 atom stereocenters. The summed E-state index contributed by atoms with van der Waals surface area (Å²) in [4.78, 5) is 14.7. The van der Waals surface area contributed by atoms with Crippen molar-refractivity contribution < 1.29 is 9.53 Å². The highest BCUT2D eigenvalue weighted by molar-refractivity contribution is 5.99. The summed E-state index contributed by atoms with van der Waals surface area (Å²) in [6.45, 7) is 9.42. The van der Waals surface area contributed by atoms with E-state index in [1.54, 1.807) is 6.20 Å². The van der Waals surface area contributed by atoms with Crippen molar-refractivity contribution in [2.75, 3.05) is 19.7 Å². The minimum Gasteiger partial charge on any atom is -0.367 e. The Morgan fingerprint density at radius 1 is 1.58 bits per heavy atom. The van der Waals surface area contributed by atoms with Gasteiger partial charge in [-0.15, -0.1) is 0 Å². The van der Waals surface area contributed by atoms with E-state index in [-0.39, 0.29) is 11.9 Å². The van der Waals surface area contributed by atoms with Gasteiger partial charge in [0.25, 0.3) is 0 Å². The Balaban J connectivity index is 2.01. The number of carbonyl (C=O) groups excluding carboxylic acids is 1. The van der Waals surface area contributed by atoms with Gasteiger partial charge in [-0.3, -0.25) is 14.4 Å². The third kappa shape index (κ3) is 3.42. The molecular weight excluding hydrogens is 242 g/mol. The topological polar surface area (TPSA) is 47.4 Å². The van der Waals surface area contributed by atoms with Crippen LogP contribution in [0.2, 0.25) is 0 Å². The summed E-state index contributed by atoms with van der Waals surface area (Å²) in [6.07, 6.45) is 4.13. The summed E-state index contributed by atoms with van der Waals surface area (Å²) in [5.41, 5.74) is 0.657. The van der Waals surface area contributed by atoms with Gasteiger partial charge in [0.15, 0.2) is 5.78 Å². The van der Waals surface area contributed by atoms with Crippen molar-refractivity contribution in [3.63, 3.8) is 0 Å². The molecule has 0 aliphatic carbocycles. The van der Waals surface area contributed by atoms with Crippen LogP contribution in [0.1, 0.15) is 37.6 Å². The lowest BCUT2D eigenvalue weighted by molar-refractivity contribution is -0.0256. The van der Waals surface area contributed by atoms with Crippen LogP contribution >= 0.6 is 0 Å². The van der Waals surface area contributed by atoms with Gasteiger partial charge in [-0.25, -0.2) is 0 Å². The molecule has 1 aromatic rings. The highest BCUT2D eigenvalue weighted by Gasteiger charge is 2.29. The molecule has 0 saturated carbocycles. The maximum atomic E-state index is 12.4. The zero-order valence-corrected chi connectivity index (χ0v) is 12.0. The Hall–Kier alpha value is -1.20. The summed E-state index contributed by atoms with van der Waals surface area (Å²) >= 11 is 0. The molecule has 5 heteroatoms. The van der Waals surface area contributed by atoms with Crippen molar-refractivity contribution in [3.8, 4) is 0 Å². The molecule has 1 fully saturated rings. The van der Waals surface area contributed by atoms with Crippen molar-refractivity contribution in [2.45, 2.75) is 45.9 Å². The number of aromatic nitrogens is 2. The van der Waals surface area contributed by atoms with Gasteiger partial charge in [-0.1, -0.05) is 6.92 Å². The molecule has 1 saturated heterocycles. The molecule has 0 N–H and O–H groups in total. The summed E-state index contributed by atoms with van der Waals surface area (Å²) in [5.74, 6) is 0.0488. The lowest BCUT2D eigenvalue weighted by Gasteiger charge is -2.34. The van der Waals surface area contributed by atoms with E-state index < -0.39 is 0 Å². The molecule has 1 aliphatic heterocycles. The maximum absolute atomic E-state index is 12.4. The van der Waals surface area contributed by atoms with E-state index in [1.807, 2.05) is 10.9 Å². The number of ketones is 1. The van der Waals surface area contributed by atoms with Gasteiger partial charge >= 0.3 is 0 Å². The Morgan fingerprint density at radius 2 is 2.37 bits per heavy atom. The van der Waals surface area contributed by atoms with Crippen molar-refractivity contribution in [1.82, 2.24) is 14.7 Å². The van der Waals surface area contributed by atoms with Crippen LogP contribution in [-0.2, 0) is 11.3 Å². The molecule has 1 unspecified atom stereocenters. The molecule has 0 bridgehead atoms. The maximum Gasteiger partial charge on any atom is 0.196 e. The Kier molecular flexibility index (Phi) is 4.71. The first-order valence-electron chi connectivity index (χ1n) is 7.04. The lowest BCUT2D eigenvalue weighted by Crippen LogP contribution is -2.48. The molecule has 2 heterocycles. The molecular formula is C14H23N3O2. The number of aryl methyl sites for hydroxylation is 1. The van der Waals surface area contributed by atoms with Crippen LogP contribution in [0.15, 0.2) is 12.4 Å². The van der Waals surface area contributed by atoms with Crippen LogP contribution in [0.25, 0.3) is 0 Å². The van der Waals surface area contributed by atoms with Crippen LogP contribution in [0.5, 0.6) is 0 Å². The quantitative estimate of drug-likeness (QED) is 0.758. The van der Waals surface area contributed by atoms with Crippen LogP contribution < -0.4 is 0 Å². The number of nitrogens with zero attached hydrogens (tertiary/aromatic N) is 3. The second-order valence-electron chi connectivity index (χ2n) is 5.30. The minimum absolute atomic E-state index is 0.0488. The number of Topliss-reactive ketones (excluding diaryl/α,β-unsaturated/α-hetero) is 1. The number of rotatable bonds is 5. The van der Waals surface area contributed by atoms with Gasteiger partial charge in [-0.2, -0.15) is 5.10 Å². The van der Waals surface area contributed by atoms with E-state index in [1.165, 1.54) is 0 Å². The van der Waals surface area contributed by atoms with Crippen molar-refractivity contribution >= 4 is 5.78 Å². The van der Waals surface area contributed by atoms with Gasteiger partial charge in [0.05, 0.1) is 18.4 Å². The fraction of sp³-hybridized carbons (Fsp3) is 0.714. The molecule has 5 nitrogen and oxygen atoms in total. The lowest BCUT2D eigenvalue weighted by atomic mass is 10.1. The first-order valence-corrected chi connectivity index (χ1v) is 7.04. The van der Waals surface area contributed by atoms with Crippen LogP contribution in [0.3, 0.4) is 0 Å². The SMILES string of the molecule is CCCn1cc(C(=O)C2CN(C(C)C)CCO2)cn1. The summed E-state index contributed by atoms with van der Waals surface area (Å²) in [5, 5.41) is 4.20. The largest absolute Gasteiger partial charge is 0.367 e. The predicted octanol–water partition coefficient (Wildman–Crippen LogP) is 1.58. The van der Waals surface area contributed by atoms with Crippen molar-refractivity contribution in [3.05, 3.63) is 18.0 Å². The molecule has 2 rings (SSSR count). The normalized spacial score (nSPS) is 20.9. The zero-order valence-electron chi connectivity index (χ0n) is 12.0. The highest BCUT2D eigenvalue weighted by Crippen LogP contribution is 2.13. The van der Waals surface area contributed by atoms with E-state index in [0.29, 0.717) is 24.8 Å². The average molecular weight is 265 g/mol. The highest BCUT2D eigenvalue weighted by atomic mass is 16.5. The Bertz CT molecular complexity index is 428. The average Bonchev–Trinajstić information content (AvgIpc) is 2.87. The number of hydrogen-bond acceptors (Lipinski definition) is 4. The summed E-state index contributed by atoms with van der Waals surface area (Å²) < 4.78 is 7.43. The van der Waals surface area contributed by atoms with Gasteiger partial charge < -0.3 is 4.74 Å². The van der Waals surface area contributed by atoms with E-state index in [4.69, 9.17) is 4.74 Å². The molecule has 106 valence electrons. The van der Waals surface area contributed by atoms with E-state index >= 15 is 0 Å². The van der Waals surface area contributed by atoms with E-state index in [0.717, 1.165) is 19.5 Å². The molecule has 19 heavy (non-hydrogen) atoms. The molecule has 0 aromatic carbocycles. The first-order chi connectivity index (χ1) is 9.11.